The van der Waals surface area contributed by atoms with Crippen molar-refractivity contribution in [2.45, 2.75) is 52.2 Å². The van der Waals surface area contributed by atoms with Crippen LogP contribution >= 0.6 is 11.8 Å². The Morgan fingerprint density at radius 1 is 1.22 bits per heavy atom. The van der Waals surface area contributed by atoms with Crippen molar-refractivity contribution in [1.29, 1.82) is 0 Å². The van der Waals surface area contributed by atoms with Crippen LogP contribution < -0.4 is 5.32 Å². The molecule has 2 aromatic rings. The number of carbonyl (C=O) groups excluding carboxylic acids is 1. The van der Waals surface area contributed by atoms with Gasteiger partial charge in [-0.05, 0) is 50.5 Å². The fourth-order valence-electron chi connectivity index (χ4n) is 2.30. The molecule has 0 spiro atoms. The van der Waals surface area contributed by atoms with Gasteiger partial charge in [-0.25, -0.2) is 0 Å². The first kappa shape index (κ1) is 17.5. The number of anilines is 1. The number of benzene rings is 1. The first-order valence-corrected chi connectivity index (χ1v) is 8.95. The number of rotatable bonds is 7. The second kappa shape index (κ2) is 8.15. The maximum Gasteiger partial charge on any atom is 0.234 e. The fourth-order valence-corrected chi connectivity index (χ4v) is 3.12. The maximum atomic E-state index is 12.1. The summed E-state index contributed by atoms with van der Waals surface area (Å²) in [5, 5.41) is 12.2. The van der Waals surface area contributed by atoms with Gasteiger partial charge in [0, 0.05) is 18.7 Å². The number of aromatic nitrogens is 3. The minimum Gasteiger partial charge on any atom is -0.325 e. The molecule has 5 nitrogen and oxygen atoms in total. The summed E-state index contributed by atoms with van der Waals surface area (Å²) in [4.78, 5) is 12.1. The van der Waals surface area contributed by atoms with Crippen molar-refractivity contribution in [3.63, 3.8) is 0 Å². The Morgan fingerprint density at radius 3 is 2.65 bits per heavy atom. The van der Waals surface area contributed by atoms with Crippen LogP contribution in [0.2, 0.25) is 0 Å². The van der Waals surface area contributed by atoms with Gasteiger partial charge >= 0.3 is 0 Å². The molecular weight excluding hydrogens is 308 g/mol. The zero-order valence-corrected chi connectivity index (χ0v) is 15.0. The number of nitrogens with one attached hydrogen (secondary N) is 1. The number of thioether (sulfide) groups is 1. The number of hydrogen-bond acceptors (Lipinski definition) is 4. The average molecular weight is 332 g/mol. The monoisotopic (exact) mass is 332 g/mol. The summed E-state index contributed by atoms with van der Waals surface area (Å²) in [7, 11) is 0. The Bertz CT molecular complexity index is 681. The van der Waals surface area contributed by atoms with Gasteiger partial charge in [-0.1, -0.05) is 24.8 Å². The molecule has 0 aliphatic heterocycles. The maximum absolute atomic E-state index is 12.1. The van der Waals surface area contributed by atoms with Gasteiger partial charge in [-0.2, -0.15) is 0 Å². The second-order valence-corrected chi connectivity index (χ2v) is 6.47. The Morgan fingerprint density at radius 2 is 2.00 bits per heavy atom. The lowest BCUT2D eigenvalue weighted by Gasteiger charge is -2.08. The Labute approximate surface area is 141 Å². The summed E-state index contributed by atoms with van der Waals surface area (Å²) >= 11 is 1.43. The van der Waals surface area contributed by atoms with Crippen molar-refractivity contribution in [2.24, 2.45) is 0 Å². The number of aryl methyl sites for hydroxylation is 3. The lowest BCUT2D eigenvalue weighted by Crippen LogP contribution is -2.15. The van der Waals surface area contributed by atoms with Crippen molar-refractivity contribution in [2.75, 3.05) is 11.1 Å². The quantitative estimate of drug-likeness (QED) is 0.787. The molecule has 0 fully saturated rings. The first-order chi connectivity index (χ1) is 11.0. The Hall–Kier alpha value is -1.82. The molecule has 0 unspecified atom stereocenters. The molecule has 1 heterocycles. The third-order valence-corrected chi connectivity index (χ3v) is 4.67. The third kappa shape index (κ3) is 4.58. The second-order valence-electron chi connectivity index (χ2n) is 5.53. The molecule has 1 aromatic carbocycles. The molecule has 1 N–H and O–H groups in total. The highest BCUT2D eigenvalue weighted by atomic mass is 32.2. The van der Waals surface area contributed by atoms with Gasteiger partial charge in [0.2, 0.25) is 5.91 Å². The number of hydrogen-bond donors (Lipinski definition) is 1. The van der Waals surface area contributed by atoms with Crippen molar-refractivity contribution in [3.8, 4) is 0 Å². The predicted octanol–water partition coefficient (Wildman–Crippen LogP) is 3.60. The fraction of sp³-hybridized carbons (Fsp3) is 0.471. The Balaban J connectivity index is 1.95. The number of nitrogens with zero attached hydrogens (tertiary/aromatic N) is 3. The lowest BCUT2D eigenvalue weighted by molar-refractivity contribution is -0.113. The van der Waals surface area contributed by atoms with Crippen LogP contribution in [0.25, 0.3) is 0 Å². The first-order valence-electron chi connectivity index (χ1n) is 7.97. The molecule has 0 aliphatic rings. The van der Waals surface area contributed by atoms with Crippen LogP contribution in [0.4, 0.5) is 5.69 Å². The SMILES string of the molecule is CCCc1nnc(SCC(=O)Nc2ccc(C)c(C)c2)n1CC. The van der Waals surface area contributed by atoms with E-state index in [9.17, 15) is 4.79 Å². The third-order valence-electron chi connectivity index (χ3n) is 3.71. The van der Waals surface area contributed by atoms with E-state index in [-0.39, 0.29) is 5.91 Å². The molecule has 1 amide bonds. The smallest absolute Gasteiger partial charge is 0.234 e. The zero-order valence-electron chi connectivity index (χ0n) is 14.2. The van der Waals surface area contributed by atoms with Gasteiger partial charge in [0.1, 0.15) is 5.82 Å². The Kier molecular flexibility index (Phi) is 6.21. The molecule has 6 heteroatoms. The van der Waals surface area contributed by atoms with Crippen molar-refractivity contribution < 1.29 is 4.79 Å². The summed E-state index contributed by atoms with van der Waals surface area (Å²) in [5.41, 5.74) is 3.23. The molecule has 0 atom stereocenters. The van der Waals surface area contributed by atoms with Gasteiger partial charge < -0.3 is 9.88 Å². The van der Waals surface area contributed by atoms with E-state index in [0.717, 1.165) is 36.1 Å². The van der Waals surface area contributed by atoms with Crippen LogP contribution in [0.5, 0.6) is 0 Å². The van der Waals surface area contributed by atoms with Crippen LogP contribution in [0.15, 0.2) is 23.4 Å². The van der Waals surface area contributed by atoms with Crippen molar-refractivity contribution >= 4 is 23.4 Å². The molecular formula is C17H24N4OS. The molecule has 0 saturated heterocycles. The molecule has 0 aliphatic carbocycles. The average Bonchev–Trinajstić information content (AvgIpc) is 2.91. The van der Waals surface area contributed by atoms with E-state index in [1.807, 2.05) is 25.1 Å². The molecule has 1 aromatic heterocycles. The lowest BCUT2D eigenvalue weighted by atomic mass is 10.1. The highest BCUT2D eigenvalue weighted by Gasteiger charge is 2.12. The van der Waals surface area contributed by atoms with E-state index in [4.69, 9.17) is 0 Å². The normalized spacial score (nSPS) is 10.8. The van der Waals surface area contributed by atoms with Gasteiger partial charge in [0.15, 0.2) is 5.16 Å². The van der Waals surface area contributed by atoms with Crippen LogP contribution in [0, 0.1) is 13.8 Å². The molecule has 0 saturated carbocycles. The van der Waals surface area contributed by atoms with E-state index >= 15 is 0 Å². The molecule has 0 radical (unpaired) electrons. The van der Waals surface area contributed by atoms with Crippen LogP contribution in [-0.2, 0) is 17.8 Å². The van der Waals surface area contributed by atoms with E-state index < -0.39 is 0 Å². The van der Waals surface area contributed by atoms with E-state index in [1.54, 1.807) is 0 Å². The highest BCUT2D eigenvalue weighted by Crippen LogP contribution is 2.19. The minimum atomic E-state index is -0.0269. The van der Waals surface area contributed by atoms with Gasteiger partial charge in [-0.15, -0.1) is 10.2 Å². The van der Waals surface area contributed by atoms with E-state index in [1.165, 1.54) is 22.9 Å². The summed E-state index contributed by atoms with van der Waals surface area (Å²) < 4.78 is 2.08. The number of carbonyl (C=O) groups is 1. The molecule has 124 valence electrons. The number of amides is 1. The van der Waals surface area contributed by atoms with Crippen LogP contribution in [0.3, 0.4) is 0 Å². The molecule has 0 bridgehead atoms. The topological polar surface area (TPSA) is 59.8 Å². The highest BCUT2D eigenvalue weighted by molar-refractivity contribution is 7.99. The van der Waals surface area contributed by atoms with Gasteiger partial charge in [-0.3, -0.25) is 4.79 Å². The summed E-state index contributed by atoms with van der Waals surface area (Å²) in [6.45, 7) is 9.12. The van der Waals surface area contributed by atoms with E-state index in [2.05, 4.69) is 40.9 Å². The minimum absolute atomic E-state index is 0.0269. The van der Waals surface area contributed by atoms with Crippen molar-refractivity contribution in [3.05, 3.63) is 35.2 Å². The zero-order chi connectivity index (χ0) is 16.8. The summed E-state index contributed by atoms with van der Waals surface area (Å²) in [6, 6.07) is 5.94. The van der Waals surface area contributed by atoms with Crippen LogP contribution in [-0.4, -0.2) is 26.4 Å². The predicted molar refractivity (Wildman–Crippen MR) is 95.0 cm³/mol. The standard InChI is InChI=1S/C17H24N4OS/c1-5-7-15-19-20-17(21(15)6-2)23-11-16(22)18-14-9-8-12(3)13(4)10-14/h8-10H,5-7,11H2,1-4H3,(H,18,22). The van der Waals surface area contributed by atoms with Gasteiger partial charge in [0.05, 0.1) is 5.75 Å². The summed E-state index contributed by atoms with van der Waals surface area (Å²) in [5.74, 6) is 1.30. The van der Waals surface area contributed by atoms with Crippen molar-refractivity contribution in [1.82, 2.24) is 14.8 Å². The van der Waals surface area contributed by atoms with E-state index in [0.29, 0.717) is 5.75 Å². The molecule has 23 heavy (non-hydrogen) atoms. The largest absolute Gasteiger partial charge is 0.325 e. The van der Waals surface area contributed by atoms with Crippen LogP contribution in [0.1, 0.15) is 37.2 Å². The molecule has 2 rings (SSSR count). The summed E-state index contributed by atoms with van der Waals surface area (Å²) in [6.07, 6.45) is 1.95. The van der Waals surface area contributed by atoms with Gasteiger partial charge in [0.25, 0.3) is 0 Å².